The van der Waals surface area contributed by atoms with Crippen LogP contribution in [0.15, 0.2) is 29.4 Å². The van der Waals surface area contributed by atoms with E-state index in [1.165, 1.54) is 16.7 Å². The maximum absolute atomic E-state index is 13.0. The number of amides is 2. The smallest absolute Gasteiger partial charge is 0.313 e. The minimum absolute atomic E-state index is 0.0138. The molecule has 10 heteroatoms. The second kappa shape index (κ2) is 8.42. The molecular formula is C18H21N5O4S. The van der Waals surface area contributed by atoms with Crippen molar-refractivity contribution in [3.05, 3.63) is 30.1 Å². The molecule has 0 spiro atoms. The Hall–Kier alpha value is -2.88. The summed E-state index contributed by atoms with van der Waals surface area (Å²) < 4.78 is 6.60. The average molecular weight is 403 g/mol. The van der Waals surface area contributed by atoms with Crippen molar-refractivity contribution in [3.8, 4) is 0 Å². The molecule has 1 atom stereocenters. The van der Waals surface area contributed by atoms with Gasteiger partial charge < -0.3 is 14.6 Å². The number of carbonyl (C=O) groups is 3. The molecule has 1 aliphatic rings. The maximum atomic E-state index is 13.0. The monoisotopic (exact) mass is 403 g/mol. The number of rotatable bonds is 6. The van der Waals surface area contributed by atoms with E-state index in [9.17, 15) is 14.4 Å². The number of fused-ring (bicyclic) bond motifs is 1. The Balaban J connectivity index is 1.73. The zero-order chi connectivity index (χ0) is 20.3. The van der Waals surface area contributed by atoms with E-state index in [1.54, 1.807) is 43.7 Å². The van der Waals surface area contributed by atoms with Crippen molar-refractivity contribution >= 4 is 40.9 Å². The Bertz CT molecular complexity index is 913. The highest BCUT2D eigenvalue weighted by Gasteiger charge is 2.31. The van der Waals surface area contributed by atoms with E-state index >= 15 is 0 Å². The van der Waals surface area contributed by atoms with Gasteiger partial charge in [-0.15, -0.1) is 10.2 Å². The van der Waals surface area contributed by atoms with Crippen LogP contribution < -0.4 is 10.2 Å². The van der Waals surface area contributed by atoms with Crippen molar-refractivity contribution in [3.63, 3.8) is 0 Å². The molecule has 1 aromatic carbocycles. The van der Waals surface area contributed by atoms with Gasteiger partial charge in [-0.25, -0.2) is 0 Å². The number of hydrogen-bond acceptors (Lipinski definition) is 7. The van der Waals surface area contributed by atoms with Crippen molar-refractivity contribution in [2.75, 3.05) is 23.4 Å². The zero-order valence-corrected chi connectivity index (χ0v) is 16.7. The Morgan fingerprint density at radius 1 is 1.32 bits per heavy atom. The minimum atomic E-state index is -0.503. The summed E-state index contributed by atoms with van der Waals surface area (Å²) in [4.78, 5) is 38.1. The minimum Gasteiger partial charge on any atom is -0.466 e. The van der Waals surface area contributed by atoms with Crippen LogP contribution in [-0.4, -0.2) is 50.9 Å². The highest BCUT2D eigenvalue weighted by Crippen LogP contribution is 2.31. The van der Waals surface area contributed by atoms with Crippen LogP contribution in [0.1, 0.15) is 19.7 Å². The lowest BCUT2D eigenvalue weighted by Gasteiger charge is -2.30. The summed E-state index contributed by atoms with van der Waals surface area (Å²) in [5.74, 6) is -0.361. The van der Waals surface area contributed by atoms with Gasteiger partial charge in [0.25, 0.3) is 0 Å². The molecule has 0 unspecified atom stereocenters. The Morgan fingerprint density at radius 2 is 2.07 bits per heavy atom. The summed E-state index contributed by atoms with van der Waals surface area (Å²) in [5.41, 5.74) is 1.28. The van der Waals surface area contributed by atoms with E-state index in [2.05, 4.69) is 15.5 Å². The number of aromatic nitrogens is 3. The maximum Gasteiger partial charge on any atom is 0.313 e. The van der Waals surface area contributed by atoms with Gasteiger partial charge in [-0.2, -0.15) is 0 Å². The second-order valence-corrected chi connectivity index (χ2v) is 7.50. The summed E-state index contributed by atoms with van der Waals surface area (Å²) in [6.07, 6.45) is 0.0138. The first-order chi connectivity index (χ1) is 13.4. The topological polar surface area (TPSA) is 106 Å². The van der Waals surface area contributed by atoms with Gasteiger partial charge >= 0.3 is 5.97 Å². The predicted octanol–water partition coefficient (Wildman–Crippen LogP) is 1.39. The van der Waals surface area contributed by atoms with Crippen molar-refractivity contribution in [2.45, 2.75) is 30.7 Å². The fourth-order valence-corrected chi connectivity index (χ4v) is 3.70. The molecule has 0 radical (unpaired) electrons. The first-order valence-corrected chi connectivity index (χ1v) is 9.69. The number of nitrogens with zero attached hydrogens (tertiary/aromatic N) is 4. The Morgan fingerprint density at radius 3 is 2.82 bits per heavy atom. The normalized spacial score (nSPS) is 14.2. The molecule has 0 fully saturated rings. The molecule has 1 aliphatic heterocycles. The van der Waals surface area contributed by atoms with Crippen LogP contribution in [-0.2, 0) is 32.6 Å². The molecule has 0 aliphatic carbocycles. The fraction of sp³-hybridized carbons (Fsp3) is 0.389. The Labute approximate surface area is 166 Å². The van der Waals surface area contributed by atoms with Crippen molar-refractivity contribution in [1.82, 2.24) is 14.8 Å². The lowest BCUT2D eigenvalue weighted by atomic mass is 10.2. The molecule has 0 bridgehead atoms. The third-order valence-corrected chi connectivity index (χ3v) is 5.32. The summed E-state index contributed by atoms with van der Waals surface area (Å²) >= 11 is 1.22. The highest BCUT2D eigenvalue weighted by atomic mass is 32.2. The summed E-state index contributed by atoms with van der Waals surface area (Å²) in [6, 6.07) is 7.17. The van der Waals surface area contributed by atoms with Crippen molar-refractivity contribution in [1.29, 1.82) is 0 Å². The van der Waals surface area contributed by atoms with Crippen LogP contribution >= 0.6 is 11.8 Å². The zero-order valence-electron chi connectivity index (χ0n) is 15.8. The van der Waals surface area contributed by atoms with Crippen LogP contribution in [0.5, 0.6) is 0 Å². The number of para-hydroxylation sites is 2. The second-order valence-electron chi connectivity index (χ2n) is 6.19. The van der Waals surface area contributed by atoms with E-state index in [0.29, 0.717) is 29.0 Å². The fourth-order valence-electron chi connectivity index (χ4n) is 2.80. The number of carbonyl (C=O) groups excluding carboxylic acids is 3. The standard InChI is InChI=1S/C18H21N5O4S/c1-4-27-16(25)9-14-20-21-18(22(14)3)28-11(2)17(26)23-10-15(24)19-12-7-5-6-8-13(12)23/h5-8,11H,4,9-10H2,1-3H3,(H,19,24)/t11-/m1/s1. The molecular weight excluding hydrogens is 382 g/mol. The molecule has 2 amide bonds. The van der Waals surface area contributed by atoms with Crippen LogP contribution in [0, 0.1) is 0 Å². The number of hydrogen-bond donors (Lipinski definition) is 1. The molecule has 148 valence electrons. The van der Waals surface area contributed by atoms with Gasteiger partial charge in [0, 0.05) is 7.05 Å². The lowest BCUT2D eigenvalue weighted by Crippen LogP contribution is -2.45. The third-order valence-electron chi connectivity index (χ3n) is 4.20. The third kappa shape index (κ3) is 4.16. The van der Waals surface area contributed by atoms with Crippen molar-refractivity contribution < 1.29 is 19.1 Å². The van der Waals surface area contributed by atoms with E-state index in [-0.39, 0.29) is 30.7 Å². The van der Waals surface area contributed by atoms with Gasteiger partial charge in [-0.05, 0) is 26.0 Å². The molecule has 28 heavy (non-hydrogen) atoms. The van der Waals surface area contributed by atoms with Crippen molar-refractivity contribution in [2.24, 2.45) is 7.05 Å². The van der Waals surface area contributed by atoms with Crippen LogP contribution in [0.2, 0.25) is 0 Å². The molecule has 2 heterocycles. The van der Waals surface area contributed by atoms with Gasteiger partial charge in [0.2, 0.25) is 11.8 Å². The van der Waals surface area contributed by atoms with Gasteiger partial charge in [0.05, 0.1) is 23.2 Å². The van der Waals surface area contributed by atoms with Crippen LogP contribution in [0.4, 0.5) is 11.4 Å². The first kappa shape index (κ1) is 19.9. The quantitative estimate of drug-likeness (QED) is 0.574. The summed E-state index contributed by atoms with van der Waals surface area (Å²) in [7, 11) is 1.73. The largest absolute Gasteiger partial charge is 0.466 e. The molecule has 2 aromatic rings. The number of anilines is 2. The number of esters is 1. The lowest BCUT2D eigenvalue weighted by molar-refractivity contribution is -0.142. The number of ether oxygens (including phenoxy) is 1. The Kier molecular flexibility index (Phi) is 5.98. The summed E-state index contributed by atoms with van der Waals surface area (Å²) in [6.45, 7) is 3.76. The van der Waals surface area contributed by atoms with Gasteiger partial charge in [-0.3, -0.25) is 19.3 Å². The van der Waals surface area contributed by atoms with Gasteiger partial charge in [0.1, 0.15) is 18.8 Å². The van der Waals surface area contributed by atoms with Crippen LogP contribution in [0.3, 0.4) is 0 Å². The van der Waals surface area contributed by atoms with Gasteiger partial charge in [-0.1, -0.05) is 23.9 Å². The average Bonchev–Trinajstić information content (AvgIpc) is 3.00. The number of nitrogens with one attached hydrogen (secondary N) is 1. The summed E-state index contributed by atoms with van der Waals surface area (Å²) in [5, 5.41) is 10.9. The predicted molar refractivity (Wildman–Crippen MR) is 104 cm³/mol. The highest BCUT2D eigenvalue weighted by molar-refractivity contribution is 8.00. The van der Waals surface area contributed by atoms with E-state index in [1.807, 2.05) is 6.07 Å². The van der Waals surface area contributed by atoms with Crippen LogP contribution in [0.25, 0.3) is 0 Å². The first-order valence-electron chi connectivity index (χ1n) is 8.81. The number of benzene rings is 1. The molecule has 3 rings (SSSR count). The van der Waals surface area contributed by atoms with Gasteiger partial charge in [0.15, 0.2) is 5.16 Å². The molecule has 0 saturated heterocycles. The number of thioether (sulfide) groups is 1. The molecule has 1 aromatic heterocycles. The molecule has 1 N–H and O–H groups in total. The molecule has 9 nitrogen and oxygen atoms in total. The van der Waals surface area contributed by atoms with E-state index in [4.69, 9.17) is 4.74 Å². The molecule has 0 saturated carbocycles. The van der Waals surface area contributed by atoms with E-state index < -0.39 is 5.25 Å². The van der Waals surface area contributed by atoms with E-state index in [0.717, 1.165) is 0 Å². The SMILES string of the molecule is CCOC(=O)Cc1nnc(S[C@H](C)C(=O)N2CC(=O)Nc3ccccc32)n1C.